The van der Waals surface area contributed by atoms with Gasteiger partial charge in [0.1, 0.15) is 0 Å². The summed E-state index contributed by atoms with van der Waals surface area (Å²) in [4.78, 5) is 18.8. The Morgan fingerprint density at radius 2 is 1.69 bits per heavy atom. The molecule has 0 spiro atoms. The summed E-state index contributed by atoms with van der Waals surface area (Å²) < 4.78 is 0. The van der Waals surface area contributed by atoms with E-state index in [0.717, 1.165) is 6.92 Å². The van der Waals surface area contributed by atoms with Crippen molar-refractivity contribution in [3.05, 3.63) is 0 Å². The standard InChI is InChI=1S/C4H8O2.C3H6O3.Ca/c1-2-3-4(5)6;1-2(4)3(5)6;/h2-3H2,1H3,(H,5,6);2,4H,1H3,(H,5,6);/q;;+2/p-2. The molecule has 0 heterocycles. The molecule has 0 aromatic carbocycles. The van der Waals surface area contributed by atoms with E-state index in [9.17, 15) is 19.8 Å². The van der Waals surface area contributed by atoms with Crippen LogP contribution in [0.2, 0.25) is 0 Å². The molecule has 0 saturated heterocycles. The van der Waals surface area contributed by atoms with Gasteiger partial charge >= 0.3 is 37.7 Å². The molecule has 0 bridgehead atoms. The van der Waals surface area contributed by atoms with Crippen LogP contribution in [0.15, 0.2) is 0 Å². The van der Waals surface area contributed by atoms with Crippen LogP contribution < -0.4 is 10.2 Å². The third-order valence-electron chi connectivity index (χ3n) is 0.795. The van der Waals surface area contributed by atoms with E-state index < -0.39 is 18.0 Å². The summed E-state index contributed by atoms with van der Waals surface area (Å²) in [6.07, 6.45) is -0.493. The molecule has 0 rings (SSSR count). The quantitative estimate of drug-likeness (QED) is 0.516. The summed E-state index contributed by atoms with van der Waals surface area (Å²) in [6, 6.07) is 0. The second kappa shape index (κ2) is 12.2. The predicted octanol–water partition coefficient (Wildman–Crippen LogP) is -2.73. The molecule has 0 aromatic heterocycles. The molecule has 0 aliphatic carbocycles. The minimum atomic E-state index is -1.44. The second-order valence-electron chi connectivity index (χ2n) is 2.12. The fourth-order valence-electron chi connectivity index (χ4n) is 0.204. The van der Waals surface area contributed by atoms with Crippen molar-refractivity contribution in [1.82, 2.24) is 0 Å². The van der Waals surface area contributed by atoms with Gasteiger partial charge in [-0.2, -0.15) is 0 Å². The van der Waals surface area contributed by atoms with Crippen molar-refractivity contribution in [3.63, 3.8) is 0 Å². The van der Waals surface area contributed by atoms with Crippen molar-refractivity contribution in [3.8, 4) is 0 Å². The summed E-state index contributed by atoms with van der Waals surface area (Å²) >= 11 is 0. The summed E-state index contributed by atoms with van der Waals surface area (Å²) in [5.74, 6) is -2.40. The van der Waals surface area contributed by atoms with E-state index >= 15 is 0 Å². The molecular weight excluding hydrogens is 204 g/mol. The van der Waals surface area contributed by atoms with Gasteiger partial charge in [-0.15, -0.1) is 0 Å². The summed E-state index contributed by atoms with van der Waals surface area (Å²) in [5.41, 5.74) is 0. The topological polar surface area (TPSA) is 100 Å². The number of carboxylic acids is 2. The maximum atomic E-state index is 9.49. The predicted molar refractivity (Wildman–Crippen MR) is 42.4 cm³/mol. The van der Waals surface area contributed by atoms with Crippen LogP contribution in [0.25, 0.3) is 0 Å². The molecule has 0 fully saturated rings. The van der Waals surface area contributed by atoms with Gasteiger partial charge in [-0.1, -0.05) is 13.3 Å². The van der Waals surface area contributed by atoms with Gasteiger partial charge in [0.25, 0.3) is 0 Å². The van der Waals surface area contributed by atoms with E-state index in [1.165, 1.54) is 0 Å². The number of carboxylic acid groups (broad SMARTS) is 2. The first-order valence-electron chi connectivity index (χ1n) is 3.50. The van der Waals surface area contributed by atoms with Gasteiger partial charge in [0.2, 0.25) is 0 Å². The van der Waals surface area contributed by atoms with Crippen molar-refractivity contribution < 1.29 is 24.9 Å². The van der Waals surface area contributed by atoms with E-state index in [0.29, 0.717) is 6.42 Å². The third-order valence-corrected chi connectivity index (χ3v) is 0.795. The van der Waals surface area contributed by atoms with Crippen LogP contribution in [-0.4, -0.2) is 60.9 Å². The van der Waals surface area contributed by atoms with Crippen molar-refractivity contribution >= 4 is 49.7 Å². The number of aliphatic carboxylic acids is 2. The maximum Gasteiger partial charge on any atom is 2.00 e. The molecule has 1 atom stereocenters. The molecule has 0 amide bonds. The van der Waals surface area contributed by atoms with E-state index in [1.54, 1.807) is 6.92 Å². The average Bonchev–Trinajstić information content (AvgIpc) is 1.87. The Morgan fingerprint density at radius 1 is 1.38 bits per heavy atom. The first-order valence-corrected chi connectivity index (χ1v) is 3.50. The van der Waals surface area contributed by atoms with Crippen molar-refractivity contribution in [2.24, 2.45) is 0 Å². The smallest absolute Gasteiger partial charge is 0.550 e. The molecule has 1 N–H and O–H groups in total. The molecule has 0 aromatic rings. The number of carbonyl (C=O) groups is 2. The van der Waals surface area contributed by atoms with Crippen molar-refractivity contribution in [2.75, 3.05) is 0 Å². The van der Waals surface area contributed by atoms with E-state index in [4.69, 9.17) is 5.11 Å². The third kappa shape index (κ3) is 24.5. The van der Waals surface area contributed by atoms with Crippen molar-refractivity contribution in [1.29, 1.82) is 0 Å². The molecule has 0 saturated carbocycles. The fraction of sp³-hybridized carbons (Fsp3) is 0.714. The number of aliphatic hydroxyl groups is 1. The van der Waals surface area contributed by atoms with Crippen LogP contribution in [0.3, 0.4) is 0 Å². The van der Waals surface area contributed by atoms with Crippen LogP contribution in [0.4, 0.5) is 0 Å². The van der Waals surface area contributed by atoms with Crippen LogP contribution in [0, 0.1) is 0 Å². The monoisotopic (exact) mass is 216 g/mol. The van der Waals surface area contributed by atoms with Gasteiger partial charge in [0, 0.05) is 5.97 Å². The van der Waals surface area contributed by atoms with Crippen LogP contribution in [-0.2, 0) is 9.59 Å². The molecule has 72 valence electrons. The van der Waals surface area contributed by atoms with Crippen molar-refractivity contribution in [2.45, 2.75) is 32.8 Å². The molecule has 0 aliphatic rings. The van der Waals surface area contributed by atoms with Gasteiger partial charge in [-0.05, 0) is 13.3 Å². The zero-order valence-corrected chi connectivity index (χ0v) is 9.99. The summed E-state index contributed by atoms with van der Waals surface area (Å²) in [6.45, 7) is 2.94. The number of hydrogen-bond acceptors (Lipinski definition) is 5. The number of hydrogen-bond donors (Lipinski definition) is 1. The Bertz CT molecular complexity index is 146. The van der Waals surface area contributed by atoms with Crippen LogP contribution >= 0.6 is 0 Å². The average molecular weight is 216 g/mol. The molecule has 13 heavy (non-hydrogen) atoms. The first-order chi connectivity index (χ1) is 5.41. The molecule has 0 aliphatic heterocycles. The molecule has 1 unspecified atom stereocenters. The number of rotatable bonds is 3. The SMILES string of the molecule is CC(O)C(=O)[O-].CCCC(=O)[O-].[Ca+2]. The zero-order chi connectivity index (χ0) is 10.1. The van der Waals surface area contributed by atoms with Gasteiger partial charge in [-0.3, -0.25) is 0 Å². The Kier molecular flexibility index (Phi) is 17.6. The number of aliphatic hydroxyl groups excluding tert-OH is 1. The summed E-state index contributed by atoms with van der Waals surface area (Å²) in [5, 5.41) is 26.8. The summed E-state index contributed by atoms with van der Waals surface area (Å²) in [7, 11) is 0. The maximum absolute atomic E-state index is 9.49. The Hall–Kier alpha value is 0.160. The van der Waals surface area contributed by atoms with E-state index in [-0.39, 0.29) is 44.2 Å². The zero-order valence-electron chi connectivity index (χ0n) is 7.78. The molecule has 0 radical (unpaired) electrons. The minimum absolute atomic E-state index is 0. The largest absolute Gasteiger partial charge is 2.00 e. The Balaban J connectivity index is -0.000000143. The number of carbonyl (C=O) groups excluding carboxylic acids is 2. The molecule has 6 heteroatoms. The van der Waals surface area contributed by atoms with Crippen LogP contribution in [0.1, 0.15) is 26.7 Å². The van der Waals surface area contributed by atoms with Gasteiger partial charge in [0.15, 0.2) is 0 Å². The fourth-order valence-corrected chi connectivity index (χ4v) is 0.204. The second-order valence-corrected chi connectivity index (χ2v) is 2.12. The van der Waals surface area contributed by atoms with E-state index in [2.05, 4.69) is 0 Å². The van der Waals surface area contributed by atoms with Gasteiger partial charge in [0.05, 0.1) is 12.1 Å². The van der Waals surface area contributed by atoms with E-state index in [1.807, 2.05) is 0 Å². The van der Waals surface area contributed by atoms with Crippen LogP contribution in [0.5, 0.6) is 0 Å². The normalized spacial score (nSPS) is 10.1. The van der Waals surface area contributed by atoms with Gasteiger partial charge < -0.3 is 24.9 Å². The van der Waals surface area contributed by atoms with Gasteiger partial charge in [-0.25, -0.2) is 0 Å². The minimum Gasteiger partial charge on any atom is -0.550 e. The molecular formula is C7H12CaO5. The molecule has 5 nitrogen and oxygen atoms in total. The first kappa shape index (κ1) is 18.9. The Morgan fingerprint density at radius 3 is 1.69 bits per heavy atom. The Labute approximate surface area is 107 Å².